The number of ether oxygens (including phenoxy) is 2. The maximum Gasteiger partial charge on any atom is 0.410 e. The molecule has 3 heterocycles. The minimum Gasteiger partial charge on any atom is -0.490 e. The van der Waals surface area contributed by atoms with E-state index in [2.05, 4.69) is 0 Å². The lowest BCUT2D eigenvalue weighted by molar-refractivity contribution is 0.0495. The van der Waals surface area contributed by atoms with Crippen LogP contribution in [0.15, 0.2) is 30.3 Å². The normalized spacial score (nSPS) is 21.0. The summed E-state index contributed by atoms with van der Waals surface area (Å²) < 4.78 is 55.3. The zero-order valence-electron chi connectivity index (χ0n) is 21.8. The Morgan fingerprint density at radius 2 is 1.76 bits per heavy atom. The number of piperidine rings is 1. The highest BCUT2D eigenvalue weighted by Crippen LogP contribution is 2.35. The predicted molar refractivity (Wildman–Crippen MR) is 136 cm³/mol. The quantitative estimate of drug-likeness (QED) is 0.462. The molecule has 1 fully saturated rings. The van der Waals surface area contributed by atoms with Crippen molar-refractivity contribution in [2.45, 2.75) is 70.7 Å². The third-order valence-corrected chi connectivity index (χ3v) is 7.67. The van der Waals surface area contributed by atoms with Crippen LogP contribution in [-0.4, -0.2) is 51.9 Å². The summed E-state index contributed by atoms with van der Waals surface area (Å²) in [5.74, 6) is -1.94. The first-order chi connectivity index (χ1) is 18.1. The zero-order chi connectivity index (χ0) is 27.1. The monoisotopic (exact) mass is 530 g/mol. The Balaban J connectivity index is 1.27. The summed E-state index contributed by atoms with van der Waals surface area (Å²) in [5.41, 5.74) is 8.06. The van der Waals surface area contributed by atoms with E-state index >= 15 is 0 Å². The van der Waals surface area contributed by atoms with Crippen molar-refractivity contribution < 1.29 is 27.4 Å². The summed E-state index contributed by atoms with van der Waals surface area (Å²) in [6.45, 7) is 7.37. The molecule has 2 aromatic carbocycles. The molecule has 0 unspecified atom stereocenters. The number of rotatable bonds is 5. The van der Waals surface area contributed by atoms with E-state index in [4.69, 9.17) is 20.2 Å². The molecule has 204 valence electrons. The molecule has 0 spiro atoms. The second kappa shape index (κ2) is 10.5. The van der Waals surface area contributed by atoms with Gasteiger partial charge in [0.05, 0.1) is 23.2 Å². The molecule has 3 aromatic rings. The standard InChI is InChI=1S/C28H33F3N4O3/c1-15(2)37-28(36)34-8-6-17(7-9-34)16(3)38-18-4-5-26-25(10-18)33-27-12-20(24(32)14-35(26)27)19-11-22(30)23(31)13-21(19)29/h4-5,10-11,13,15-17,20,24H,6-9,12,14,32H2,1-3H3/t16-,20+,24-/m0/s1. The molecule has 3 atom stereocenters. The fourth-order valence-corrected chi connectivity index (χ4v) is 5.58. The van der Waals surface area contributed by atoms with Crippen LogP contribution >= 0.6 is 0 Å². The van der Waals surface area contributed by atoms with Crippen LogP contribution < -0.4 is 10.5 Å². The molecule has 0 saturated carbocycles. The van der Waals surface area contributed by atoms with E-state index in [-0.39, 0.29) is 23.9 Å². The van der Waals surface area contributed by atoms with E-state index in [0.717, 1.165) is 29.9 Å². The first kappa shape index (κ1) is 26.3. The van der Waals surface area contributed by atoms with Gasteiger partial charge in [0.1, 0.15) is 17.4 Å². The molecular weight excluding hydrogens is 497 g/mol. The number of halogens is 3. The number of nitrogens with zero attached hydrogens (tertiary/aromatic N) is 3. The van der Waals surface area contributed by atoms with Crippen LogP contribution in [0.5, 0.6) is 5.75 Å². The molecule has 2 N–H and O–H groups in total. The van der Waals surface area contributed by atoms with Crippen LogP contribution in [0.1, 0.15) is 50.9 Å². The highest BCUT2D eigenvalue weighted by molar-refractivity contribution is 5.78. The summed E-state index contributed by atoms with van der Waals surface area (Å²) in [7, 11) is 0. The average Bonchev–Trinajstić information content (AvgIpc) is 3.22. The van der Waals surface area contributed by atoms with E-state index in [0.29, 0.717) is 49.6 Å². The average molecular weight is 531 g/mol. The molecule has 2 aliphatic rings. The number of aromatic nitrogens is 2. The number of hydrogen-bond donors (Lipinski definition) is 1. The highest BCUT2D eigenvalue weighted by atomic mass is 19.2. The number of amides is 1. The minimum atomic E-state index is -1.22. The van der Waals surface area contributed by atoms with Crippen LogP contribution in [0.25, 0.3) is 11.0 Å². The molecule has 1 saturated heterocycles. The fourth-order valence-electron chi connectivity index (χ4n) is 5.58. The van der Waals surface area contributed by atoms with Gasteiger partial charge in [-0.1, -0.05) is 0 Å². The van der Waals surface area contributed by atoms with Crippen molar-refractivity contribution in [3.63, 3.8) is 0 Å². The van der Waals surface area contributed by atoms with Crippen LogP contribution in [-0.2, 0) is 17.7 Å². The Bertz CT molecular complexity index is 1340. The summed E-state index contributed by atoms with van der Waals surface area (Å²) >= 11 is 0. The Hall–Kier alpha value is -3.27. The Morgan fingerprint density at radius 1 is 1.05 bits per heavy atom. The van der Waals surface area contributed by atoms with Crippen molar-refractivity contribution in [3.05, 3.63) is 59.2 Å². The van der Waals surface area contributed by atoms with Crippen molar-refractivity contribution in [1.82, 2.24) is 14.5 Å². The summed E-state index contributed by atoms with van der Waals surface area (Å²) in [6.07, 6.45) is 1.50. The molecule has 2 aliphatic heterocycles. The van der Waals surface area contributed by atoms with Crippen molar-refractivity contribution >= 4 is 17.1 Å². The van der Waals surface area contributed by atoms with Gasteiger partial charge in [0.2, 0.25) is 0 Å². The molecule has 1 amide bonds. The number of fused-ring (bicyclic) bond motifs is 3. The number of imidazole rings is 1. The first-order valence-corrected chi connectivity index (χ1v) is 13.1. The van der Waals surface area contributed by atoms with E-state index < -0.39 is 29.4 Å². The van der Waals surface area contributed by atoms with Gasteiger partial charge in [-0.3, -0.25) is 0 Å². The first-order valence-electron chi connectivity index (χ1n) is 13.1. The summed E-state index contributed by atoms with van der Waals surface area (Å²) in [4.78, 5) is 18.6. The lowest BCUT2D eigenvalue weighted by Crippen LogP contribution is -2.42. The number of carbonyl (C=O) groups excluding carboxylic acids is 1. The van der Waals surface area contributed by atoms with Gasteiger partial charge in [-0.2, -0.15) is 0 Å². The van der Waals surface area contributed by atoms with Crippen LogP contribution in [0.2, 0.25) is 0 Å². The van der Waals surface area contributed by atoms with Gasteiger partial charge in [0.15, 0.2) is 11.6 Å². The highest BCUT2D eigenvalue weighted by Gasteiger charge is 2.33. The molecular formula is C28H33F3N4O3. The maximum atomic E-state index is 14.5. The van der Waals surface area contributed by atoms with Gasteiger partial charge in [-0.05, 0) is 63.3 Å². The SMILES string of the molecule is CC(C)OC(=O)N1CCC([C@H](C)Oc2ccc3c(c2)nc2n3C[C@H](N)[C@@H](c3cc(F)c(F)cc3F)C2)CC1. The summed E-state index contributed by atoms with van der Waals surface area (Å²) in [5, 5.41) is 0. The lowest BCUT2D eigenvalue weighted by atomic mass is 9.86. The lowest BCUT2D eigenvalue weighted by Gasteiger charge is -2.34. The van der Waals surface area contributed by atoms with Gasteiger partial charge in [-0.25, -0.2) is 22.9 Å². The Morgan fingerprint density at radius 3 is 2.47 bits per heavy atom. The van der Waals surface area contributed by atoms with Crippen molar-refractivity contribution in [2.75, 3.05) is 13.1 Å². The third-order valence-electron chi connectivity index (χ3n) is 7.67. The number of nitrogens with two attached hydrogens (primary N) is 1. The fraction of sp³-hybridized carbons (Fsp3) is 0.500. The van der Waals surface area contributed by atoms with Gasteiger partial charge in [0, 0.05) is 50.1 Å². The second-order valence-electron chi connectivity index (χ2n) is 10.6. The smallest absolute Gasteiger partial charge is 0.410 e. The van der Waals surface area contributed by atoms with Crippen molar-refractivity contribution in [1.29, 1.82) is 0 Å². The number of likely N-dealkylation sites (tertiary alicyclic amines) is 1. The van der Waals surface area contributed by atoms with Gasteiger partial charge >= 0.3 is 6.09 Å². The number of benzene rings is 2. The molecule has 0 aliphatic carbocycles. The molecule has 10 heteroatoms. The number of carbonyl (C=O) groups is 1. The van der Waals surface area contributed by atoms with Crippen molar-refractivity contribution in [2.24, 2.45) is 11.7 Å². The zero-order valence-corrected chi connectivity index (χ0v) is 21.8. The van der Waals surface area contributed by atoms with E-state index in [1.807, 2.05) is 43.5 Å². The van der Waals surface area contributed by atoms with Gasteiger partial charge in [0.25, 0.3) is 0 Å². The molecule has 7 nitrogen and oxygen atoms in total. The van der Waals surface area contributed by atoms with Crippen LogP contribution in [0, 0.1) is 23.4 Å². The molecule has 0 radical (unpaired) electrons. The third kappa shape index (κ3) is 5.18. The summed E-state index contributed by atoms with van der Waals surface area (Å²) in [6, 6.07) is 6.70. The molecule has 38 heavy (non-hydrogen) atoms. The minimum absolute atomic E-state index is 0.0536. The number of hydrogen-bond acceptors (Lipinski definition) is 5. The predicted octanol–water partition coefficient (Wildman–Crippen LogP) is 5.15. The molecule has 1 aromatic heterocycles. The van der Waals surface area contributed by atoms with Gasteiger partial charge in [-0.15, -0.1) is 0 Å². The van der Waals surface area contributed by atoms with Crippen molar-refractivity contribution in [3.8, 4) is 5.75 Å². The van der Waals surface area contributed by atoms with E-state index in [1.165, 1.54) is 0 Å². The Labute approximate surface area is 219 Å². The topological polar surface area (TPSA) is 82.6 Å². The van der Waals surface area contributed by atoms with E-state index in [1.54, 1.807) is 4.90 Å². The van der Waals surface area contributed by atoms with Crippen LogP contribution in [0.3, 0.4) is 0 Å². The Kier molecular flexibility index (Phi) is 7.26. The van der Waals surface area contributed by atoms with Gasteiger partial charge < -0.3 is 24.7 Å². The van der Waals surface area contributed by atoms with E-state index in [9.17, 15) is 18.0 Å². The largest absolute Gasteiger partial charge is 0.490 e. The molecule has 0 bridgehead atoms. The van der Waals surface area contributed by atoms with Crippen LogP contribution in [0.4, 0.5) is 18.0 Å². The maximum absolute atomic E-state index is 14.5. The second-order valence-corrected chi connectivity index (χ2v) is 10.6. The molecule has 5 rings (SSSR count).